The van der Waals surface area contributed by atoms with Crippen LogP contribution in [0.2, 0.25) is 0 Å². The van der Waals surface area contributed by atoms with E-state index in [-0.39, 0.29) is 0 Å². The zero-order valence-electron chi connectivity index (χ0n) is 11.2. The molecule has 3 heteroatoms. The Kier molecular flexibility index (Phi) is 4.00. The Morgan fingerprint density at radius 3 is 2.94 bits per heavy atom. The van der Waals surface area contributed by atoms with Gasteiger partial charge >= 0.3 is 0 Å². The number of pyridine rings is 1. The summed E-state index contributed by atoms with van der Waals surface area (Å²) in [5.41, 5.74) is 2.76. The highest BCUT2D eigenvalue weighted by molar-refractivity contribution is 5.41. The molecule has 3 nitrogen and oxygen atoms in total. The van der Waals surface area contributed by atoms with Crippen LogP contribution in [0.4, 0.5) is 5.82 Å². The molecule has 0 bridgehead atoms. The largest absolute Gasteiger partial charge is 0.373 e. The Morgan fingerprint density at radius 1 is 1.47 bits per heavy atom. The lowest BCUT2D eigenvalue weighted by molar-refractivity contribution is 0.156. The highest BCUT2D eigenvalue weighted by Gasteiger charge is 2.24. The number of hydrogen-bond acceptors (Lipinski definition) is 3. The van der Waals surface area contributed by atoms with Gasteiger partial charge in [-0.2, -0.15) is 0 Å². The monoisotopic (exact) mass is 233 g/mol. The lowest BCUT2D eigenvalue weighted by Crippen LogP contribution is -2.33. The molecule has 1 saturated heterocycles. The number of piperidine rings is 1. The molecule has 1 fully saturated rings. The van der Waals surface area contributed by atoms with E-state index in [4.69, 9.17) is 0 Å². The first-order valence-corrected chi connectivity index (χ1v) is 6.64. The van der Waals surface area contributed by atoms with Crippen molar-refractivity contribution >= 4 is 5.82 Å². The number of anilines is 1. The van der Waals surface area contributed by atoms with Gasteiger partial charge in [0.2, 0.25) is 0 Å². The third-order valence-corrected chi connectivity index (χ3v) is 3.79. The van der Waals surface area contributed by atoms with Crippen LogP contribution in [0.15, 0.2) is 12.3 Å². The van der Waals surface area contributed by atoms with E-state index < -0.39 is 0 Å². The van der Waals surface area contributed by atoms with Crippen molar-refractivity contribution in [1.82, 2.24) is 9.88 Å². The van der Waals surface area contributed by atoms with Gasteiger partial charge in [0.25, 0.3) is 0 Å². The maximum Gasteiger partial charge on any atom is 0.125 e. The molecule has 0 aromatic carbocycles. The van der Waals surface area contributed by atoms with Gasteiger partial charge in [0.05, 0.1) is 0 Å². The molecule has 2 rings (SSSR count). The minimum absolute atomic E-state index is 0.576. The Labute approximate surface area is 104 Å². The van der Waals surface area contributed by atoms with Crippen LogP contribution in [0.25, 0.3) is 0 Å². The van der Waals surface area contributed by atoms with E-state index in [0.29, 0.717) is 6.04 Å². The summed E-state index contributed by atoms with van der Waals surface area (Å²) < 4.78 is 0. The second-order valence-corrected chi connectivity index (χ2v) is 4.82. The van der Waals surface area contributed by atoms with Crippen LogP contribution < -0.4 is 5.32 Å². The molecule has 1 atom stereocenters. The molecule has 0 saturated carbocycles. The lowest BCUT2D eigenvalue weighted by atomic mass is 9.93. The first-order valence-electron chi connectivity index (χ1n) is 6.64. The van der Waals surface area contributed by atoms with Gasteiger partial charge in [0, 0.05) is 19.3 Å². The number of hydrogen-bond donors (Lipinski definition) is 1. The minimum atomic E-state index is 0.576. The molecule has 0 spiro atoms. The lowest BCUT2D eigenvalue weighted by Gasteiger charge is -2.35. The molecular formula is C14H23N3. The van der Waals surface area contributed by atoms with Crippen LogP contribution in [0.1, 0.15) is 43.4 Å². The Morgan fingerprint density at radius 2 is 2.29 bits per heavy atom. The normalized spacial score (nSPS) is 21.5. The predicted molar refractivity (Wildman–Crippen MR) is 72.4 cm³/mol. The molecule has 0 amide bonds. The summed E-state index contributed by atoms with van der Waals surface area (Å²) >= 11 is 0. The summed E-state index contributed by atoms with van der Waals surface area (Å²) in [7, 11) is 1.92. The Bertz CT molecular complexity index is 376. The van der Waals surface area contributed by atoms with Gasteiger partial charge in [-0.3, -0.25) is 4.90 Å². The van der Waals surface area contributed by atoms with Crippen molar-refractivity contribution in [2.24, 2.45) is 0 Å². The molecule has 1 aliphatic heterocycles. The Balaban J connectivity index is 2.25. The van der Waals surface area contributed by atoms with Crippen LogP contribution in [0, 0.1) is 6.92 Å². The number of likely N-dealkylation sites (tertiary alicyclic amines) is 1. The van der Waals surface area contributed by atoms with Gasteiger partial charge in [0.15, 0.2) is 0 Å². The van der Waals surface area contributed by atoms with Gasteiger partial charge in [-0.25, -0.2) is 4.98 Å². The summed E-state index contributed by atoms with van der Waals surface area (Å²) in [6.45, 7) is 6.82. The summed E-state index contributed by atoms with van der Waals surface area (Å²) in [6.07, 6.45) is 6.01. The zero-order valence-corrected chi connectivity index (χ0v) is 11.2. The molecule has 94 valence electrons. The van der Waals surface area contributed by atoms with E-state index in [1.165, 1.54) is 36.9 Å². The first kappa shape index (κ1) is 12.4. The molecule has 0 aliphatic carbocycles. The second kappa shape index (κ2) is 5.50. The molecule has 1 aromatic rings. The van der Waals surface area contributed by atoms with Gasteiger partial charge in [0.1, 0.15) is 5.82 Å². The van der Waals surface area contributed by atoms with E-state index in [1.54, 1.807) is 0 Å². The SMILES string of the molecule is CCN1CCCC[C@@H]1c1cnc(NC)cc1C. The number of nitrogens with one attached hydrogen (secondary N) is 1. The molecule has 2 heterocycles. The van der Waals surface area contributed by atoms with Crippen LogP contribution >= 0.6 is 0 Å². The maximum atomic E-state index is 4.46. The number of rotatable bonds is 3. The van der Waals surface area contributed by atoms with Crippen molar-refractivity contribution in [3.8, 4) is 0 Å². The zero-order chi connectivity index (χ0) is 12.3. The standard InChI is InChI=1S/C14H23N3/c1-4-17-8-6-5-7-13(17)12-10-16-14(15-3)9-11(12)2/h9-10,13H,4-8H2,1-3H3,(H,15,16)/t13-/m1/s1. The quantitative estimate of drug-likeness (QED) is 0.870. The fourth-order valence-corrected chi connectivity index (χ4v) is 2.77. The van der Waals surface area contributed by atoms with E-state index in [9.17, 15) is 0 Å². The third-order valence-electron chi connectivity index (χ3n) is 3.79. The minimum Gasteiger partial charge on any atom is -0.373 e. The fourth-order valence-electron chi connectivity index (χ4n) is 2.77. The maximum absolute atomic E-state index is 4.46. The van der Waals surface area contributed by atoms with Gasteiger partial charge in [-0.1, -0.05) is 13.3 Å². The summed E-state index contributed by atoms with van der Waals surface area (Å²) in [5, 5.41) is 3.10. The van der Waals surface area contributed by atoms with Crippen molar-refractivity contribution in [3.05, 3.63) is 23.4 Å². The number of aromatic nitrogens is 1. The third kappa shape index (κ3) is 2.60. The highest BCUT2D eigenvalue weighted by Crippen LogP contribution is 2.32. The fraction of sp³-hybridized carbons (Fsp3) is 0.643. The highest BCUT2D eigenvalue weighted by atomic mass is 15.2. The molecule has 1 aliphatic rings. The molecule has 0 radical (unpaired) electrons. The van der Waals surface area contributed by atoms with E-state index >= 15 is 0 Å². The van der Waals surface area contributed by atoms with Gasteiger partial charge in [-0.15, -0.1) is 0 Å². The van der Waals surface area contributed by atoms with Gasteiger partial charge < -0.3 is 5.32 Å². The van der Waals surface area contributed by atoms with Crippen LogP contribution in [-0.4, -0.2) is 30.0 Å². The molecule has 1 aromatic heterocycles. The van der Waals surface area contributed by atoms with E-state index in [2.05, 4.69) is 41.3 Å². The van der Waals surface area contributed by atoms with Crippen molar-refractivity contribution in [2.75, 3.05) is 25.5 Å². The average molecular weight is 233 g/mol. The average Bonchev–Trinajstić information content (AvgIpc) is 2.38. The van der Waals surface area contributed by atoms with Crippen molar-refractivity contribution < 1.29 is 0 Å². The smallest absolute Gasteiger partial charge is 0.125 e. The van der Waals surface area contributed by atoms with Gasteiger partial charge in [-0.05, 0) is 50.0 Å². The summed E-state index contributed by atoms with van der Waals surface area (Å²) in [6, 6.07) is 2.73. The molecule has 1 N–H and O–H groups in total. The molecule has 0 unspecified atom stereocenters. The van der Waals surface area contributed by atoms with Crippen LogP contribution in [0.5, 0.6) is 0 Å². The number of nitrogens with zero attached hydrogens (tertiary/aromatic N) is 2. The number of aryl methyl sites for hydroxylation is 1. The molecule has 17 heavy (non-hydrogen) atoms. The van der Waals surface area contributed by atoms with Crippen molar-refractivity contribution in [1.29, 1.82) is 0 Å². The van der Waals surface area contributed by atoms with Crippen molar-refractivity contribution in [2.45, 2.75) is 39.2 Å². The van der Waals surface area contributed by atoms with Crippen molar-refractivity contribution in [3.63, 3.8) is 0 Å². The predicted octanol–water partition coefficient (Wildman–Crippen LogP) is 2.98. The molecular weight excluding hydrogens is 210 g/mol. The summed E-state index contributed by atoms with van der Waals surface area (Å²) in [4.78, 5) is 7.04. The summed E-state index contributed by atoms with van der Waals surface area (Å²) in [5.74, 6) is 0.963. The second-order valence-electron chi connectivity index (χ2n) is 4.82. The Hall–Kier alpha value is -1.09. The topological polar surface area (TPSA) is 28.2 Å². The van der Waals surface area contributed by atoms with E-state index in [1.807, 2.05) is 7.05 Å². The first-order chi connectivity index (χ1) is 8.26. The van der Waals surface area contributed by atoms with Crippen LogP contribution in [-0.2, 0) is 0 Å². The van der Waals surface area contributed by atoms with Crippen LogP contribution in [0.3, 0.4) is 0 Å². The van der Waals surface area contributed by atoms with E-state index in [0.717, 1.165) is 12.4 Å².